The average molecular weight is 258 g/mol. The minimum Gasteiger partial charge on any atom is -0.339 e. The van der Waals surface area contributed by atoms with Gasteiger partial charge in [-0.15, -0.1) is 11.8 Å². The van der Waals surface area contributed by atoms with Crippen LogP contribution in [0.15, 0.2) is 0 Å². The van der Waals surface area contributed by atoms with E-state index in [0.29, 0.717) is 17.7 Å². The molecule has 0 saturated carbocycles. The fraction of sp³-hybridized carbons (Fsp3) is 0.923. The van der Waals surface area contributed by atoms with Crippen molar-refractivity contribution in [1.82, 2.24) is 10.2 Å². The number of nitrogens with zero attached hydrogens (tertiary/aromatic N) is 1. The van der Waals surface area contributed by atoms with Gasteiger partial charge in [-0.1, -0.05) is 20.8 Å². The Morgan fingerprint density at radius 1 is 1.35 bits per heavy atom. The maximum absolute atomic E-state index is 12.2. The van der Waals surface area contributed by atoms with Gasteiger partial charge in [0, 0.05) is 17.3 Å². The third-order valence-corrected chi connectivity index (χ3v) is 4.30. The van der Waals surface area contributed by atoms with E-state index < -0.39 is 0 Å². The van der Waals surface area contributed by atoms with E-state index >= 15 is 0 Å². The molecule has 0 aromatic carbocycles. The van der Waals surface area contributed by atoms with Crippen molar-refractivity contribution in [3.8, 4) is 0 Å². The van der Waals surface area contributed by atoms with Crippen LogP contribution in [0.3, 0.4) is 0 Å². The Labute approximate surface area is 110 Å². The van der Waals surface area contributed by atoms with Gasteiger partial charge in [-0.25, -0.2) is 0 Å². The maximum atomic E-state index is 12.2. The molecule has 0 unspecified atom stereocenters. The van der Waals surface area contributed by atoms with Crippen molar-refractivity contribution in [2.75, 3.05) is 25.4 Å². The Morgan fingerprint density at radius 2 is 1.94 bits per heavy atom. The highest BCUT2D eigenvalue weighted by atomic mass is 32.2. The van der Waals surface area contributed by atoms with Gasteiger partial charge in [-0.2, -0.15) is 0 Å². The first-order valence-electron chi connectivity index (χ1n) is 6.58. The fourth-order valence-corrected chi connectivity index (χ4v) is 2.84. The molecule has 0 aliphatic carbocycles. The largest absolute Gasteiger partial charge is 0.339 e. The Balaban J connectivity index is 2.45. The molecule has 100 valence electrons. The number of hydrogen-bond donors (Lipinski definition) is 1. The van der Waals surface area contributed by atoms with Crippen molar-refractivity contribution in [2.45, 2.75) is 51.3 Å². The van der Waals surface area contributed by atoms with E-state index in [9.17, 15) is 4.79 Å². The Kier molecular flexibility index (Phi) is 5.80. The van der Waals surface area contributed by atoms with E-state index in [4.69, 9.17) is 0 Å². The molecule has 1 amide bonds. The zero-order valence-electron chi connectivity index (χ0n) is 11.6. The van der Waals surface area contributed by atoms with Crippen LogP contribution in [0.2, 0.25) is 0 Å². The van der Waals surface area contributed by atoms with Crippen LogP contribution < -0.4 is 5.32 Å². The topological polar surface area (TPSA) is 32.3 Å². The second-order valence-corrected chi connectivity index (χ2v) is 7.36. The lowest BCUT2D eigenvalue weighted by Crippen LogP contribution is -2.46. The van der Waals surface area contributed by atoms with Crippen molar-refractivity contribution >= 4 is 17.7 Å². The van der Waals surface area contributed by atoms with E-state index in [2.05, 4.69) is 37.9 Å². The molecule has 1 rings (SSSR count). The monoisotopic (exact) mass is 258 g/mol. The van der Waals surface area contributed by atoms with E-state index in [0.717, 1.165) is 32.5 Å². The van der Waals surface area contributed by atoms with Crippen LogP contribution in [0.1, 0.15) is 40.5 Å². The quantitative estimate of drug-likeness (QED) is 0.838. The number of hydrogen-bond acceptors (Lipinski definition) is 3. The molecule has 1 aliphatic heterocycles. The lowest BCUT2D eigenvalue weighted by atomic mass is 10.0. The molecule has 1 N–H and O–H groups in total. The van der Waals surface area contributed by atoms with Gasteiger partial charge < -0.3 is 10.2 Å². The first-order valence-corrected chi connectivity index (χ1v) is 7.56. The van der Waals surface area contributed by atoms with E-state index in [1.807, 2.05) is 0 Å². The number of carbonyl (C=O) groups excluding carboxylic acids is 1. The summed E-state index contributed by atoms with van der Waals surface area (Å²) >= 11 is 1.74. The van der Waals surface area contributed by atoms with E-state index in [1.165, 1.54) is 0 Å². The minimum atomic E-state index is 0.170. The normalized spacial score (nSPS) is 18.1. The van der Waals surface area contributed by atoms with Crippen molar-refractivity contribution in [2.24, 2.45) is 0 Å². The molecule has 1 aliphatic rings. The first kappa shape index (κ1) is 14.8. The zero-order chi connectivity index (χ0) is 12.9. The van der Waals surface area contributed by atoms with Crippen LogP contribution in [0, 0.1) is 0 Å². The standard InChI is InChI=1S/C13H26N2OS/c1-5-15(11-6-8-14-9-7-11)12(16)10-17-13(2,3)4/h11,14H,5-10H2,1-4H3. The van der Waals surface area contributed by atoms with Crippen molar-refractivity contribution in [1.29, 1.82) is 0 Å². The summed E-state index contributed by atoms with van der Waals surface area (Å²) in [6, 6.07) is 0.453. The molecule has 0 spiro atoms. The van der Waals surface area contributed by atoms with Crippen LogP contribution >= 0.6 is 11.8 Å². The van der Waals surface area contributed by atoms with Gasteiger partial charge in [-0.3, -0.25) is 4.79 Å². The summed E-state index contributed by atoms with van der Waals surface area (Å²) in [5.74, 6) is 0.917. The van der Waals surface area contributed by atoms with Gasteiger partial charge in [0.1, 0.15) is 0 Å². The van der Waals surface area contributed by atoms with Crippen LogP contribution in [-0.2, 0) is 4.79 Å². The molecule has 0 aromatic heterocycles. The molecule has 1 fully saturated rings. The van der Waals surface area contributed by atoms with Crippen molar-refractivity contribution in [3.63, 3.8) is 0 Å². The Hall–Kier alpha value is -0.220. The third kappa shape index (κ3) is 5.30. The first-order chi connectivity index (χ1) is 7.94. The predicted octanol–water partition coefficient (Wildman–Crippen LogP) is 2.12. The smallest absolute Gasteiger partial charge is 0.232 e. The number of rotatable bonds is 4. The molecule has 17 heavy (non-hydrogen) atoms. The van der Waals surface area contributed by atoms with Gasteiger partial charge in [0.2, 0.25) is 5.91 Å². The molecule has 4 heteroatoms. The number of piperidine rings is 1. The van der Waals surface area contributed by atoms with E-state index in [-0.39, 0.29) is 4.75 Å². The maximum Gasteiger partial charge on any atom is 0.232 e. The minimum absolute atomic E-state index is 0.170. The van der Waals surface area contributed by atoms with Gasteiger partial charge in [0.05, 0.1) is 5.75 Å². The van der Waals surface area contributed by atoms with Gasteiger partial charge >= 0.3 is 0 Å². The molecular weight excluding hydrogens is 232 g/mol. The van der Waals surface area contributed by atoms with E-state index in [1.54, 1.807) is 11.8 Å². The molecule has 1 heterocycles. The van der Waals surface area contributed by atoms with Gasteiger partial charge in [0.25, 0.3) is 0 Å². The van der Waals surface area contributed by atoms with Gasteiger partial charge in [-0.05, 0) is 32.9 Å². The molecular formula is C13H26N2OS. The van der Waals surface area contributed by atoms with Gasteiger partial charge in [0.15, 0.2) is 0 Å². The summed E-state index contributed by atoms with van der Waals surface area (Å²) in [4.78, 5) is 14.3. The fourth-order valence-electron chi connectivity index (χ4n) is 2.12. The summed E-state index contributed by atoms with van der Waals surface area (Å²) in [7, 11) is 0. The molecule has 3 nitrogen and oxygen atoms in total. The summed E-state index contributed by atoms with van der Waals surface area (Å²) in [5, 5.41) is 3.35. The molecule has 0 atom stereocenters. The summed E-state index contributed by atoms with van der Waals surface area (Å²) in [6.07, 6.45) is 2.19. The van der Waals surface area contributed by atoms with Crippen LogP contribution in [0.25, 0.3) is 0 Å². The Bertz CT molecular complexity index is 244. The number of nitrogens with one attached hydrogen (secondary N) is 1. The molecule has 0 aromatic rings. The number of carbonyl (C=O) groups is 1. The second-order valence-electron chi connectivity index (χ2n) is 5.56. The lowest BCUT2D eigenvalue weighted by molar-refractivity contribution is -0.130. The Morgan fingerprint density at radius 3 is 2.41 bits per heavy atom. The van der Waals surface area contributed by atoms with Crippen molar-refractivity contribution in [3.05, 3.63) is 0 Å². The zero-order valence-corrected chi connectivity index (χ0v) is 12.4. The lowest BCUT2D eigenvalue weighted by Gasteiger charge is -2.34. The van der Waals surface area contributed by atoms with Crippen LogP contribution in [0.4, 0.5) is 0 Å². The summed E-state index contributed by atoms with van der Waals surface area (Å²) in [5.41, 5.74) is 0. The highest BCUT2D eigenvalue weighted by molar-refractivity contribution is 8.01. The number of thioether (sulfide) groups is 1. The summed E-state index contributed by atoms with van der Waals surface area (Å²) in [6.45, 7) is 11.5. The third-order valence-electron chi connectivity index (χ3n) is 3.04. The van der Waals surface area contributed by atoms with Crippen LogP contribution in [-0.4, -0.2) is 47.0 Å². The molecule has 0 bridgehead atoms. The summed E-state index contributed by atoms with van der Waals surface area (Å²) < 4.78 is 0.170. The SMILES string of the molecule is CCN(C(=O)CSC(C)(C)C)C1CCNCC1. The number of amides is 1. The molecule has 1 saturated heterocycles. The highest BCUT2D eigenvalue weighted by Crippen LogP contribution is 2.24. The highest BCUT2D eigenvalue weighted by Gasteiger charge is 2.24. The van der Waals surface area contributed by atoms with Crippen molar-refractivity contribution < 1.29 is 4.79 Å². The van der Waals surface area contributed by atoms with Crippen LogP contribution in [0.5, 0.6) is 0 Å². The molecule has 0 radical (unpaired) electrons. The second kappa shape index (κ2) is 6.64. The predicted molar refractivity (Wildman–Crippen MR) is 75.5 cm³/mol. The average Bonchev–Trinajstić information content (AvgIpc) is 2.28.